The van der Waals surface area contributed by atoms with E-state index < -0.39 is 5.82 Å². The van der Waals surface area contributed by atoms with Gasteiger partial charge in [-0.2, -0.15) is 0 Å². The average Bonchev–Trinajstić information content (AvgIpc) is 2.23. The molecule has 0 bridgehead atoms. The number of hydrogen-bond donors (Lipinski definition) is 2. The third kappa shape index (κ3) is 2.16. The van der Waals surface area contributed by atoms with Gasteiger partial charge in [-0.05, 0) is 12.5 Å². The third-order valence-electron chi connectivity index (χ3n) is 2.26. The molecule has 84 valence electrons. The van der Waals surface area contributed by atoms with E-state index in [9.17, 15) is 9.50 Å². The number of benzene rings is 1. The number of halogens is 2. The fourth-order valence-electron chi connectivity index (χ4n) is 1.34. The molecule has 0 aromatic heterocycles. The van der Waals surface area contributed by atoms with Crippen LogP contribution in [0.25, 0.3) is 0 Å². The quantitative estimate of drug-likeness (QED) is 0.842. The first kappa shape index (κ1) is 12.1. The van der Waals surface area contributed by atoms with Crippen LogP contribution in [0.4, 0.5) is 4.39 Å². The molecule has 1 rings (SSSR count). The molecule has 0 amide bonds. The van der Waals surface area contributed by atoms with Crippen molar-refractivity contribution >= 4 is 11.6 Å². The van der Waals surface area contributed by atoms with Gasteiger partial charge in [0.25, 0.3) is 0 Å². The summed E-state index contributed by atoms with van der Waals surface area (Å²) < 4.78 is 18.2. The Morgan fingerprint density at radius 1 is 1.67 bits per heavy atom. The molecule has 0 saturated carbocycles. The van der Waals surface area contributed by atoms with Crippen LogP contribution in [0.1, 0.15) is 18.4 Å². The Balaban J connectivity index is 3.40. The molecule has 0 saturated heterocycles. The molecule has 3 N–H and O–H groups in total. The van der Waals surface area contributed by atoms with Crippen molar-refractivity contribution in [2.24, 2.45) is 5.73 Å². The van der Waals surface area contributed by atoms with Gasteiger partial charge in [0, 0.05) is 11.6 Å². The smallest absolute Gasteiger partial charge is 0.163 e. The zero-order chi connectivity index (χ0) is 11.6. The molecule has 5 heteroatoms. The second kappa shape index (κ2) is 4.68. The first-order valence-corrected chi connectivity index (χ1v) is 4.85. The highest BCUT2D eigenvalue weighted by Gasteiger charge is 2.20. The highest BCUT2D eigenvalue weighted by atomic mass is 35.5. The summed E-state index contributed by atoms with van der Waals surface area (Å²) in [4.78, 5) is 0. The van der Waals surface area contributed by atoms with Gasteiger partial charge >= 0.3 is 0 Å². The summed E-state index contributed by atoms with van der Waals surface area (Å²) in [6.07, 6.45) is 0. The van der Waals surface area contributed by atoms with E-state index in [2.05, 4.69) is 0 Å². The van der Waals surface area contributed by atoms with Crippen LogP contribution in [0.3, 0.4) is 0 Å². The van der Waals surface area contributed by atoms with Crippen LogP contribution in [0, 0.1) is 5.82 Å². The number of phenolic OH excluding ortho intramolecular Hbond substituents is 1. The molecule has 3 nitrogen and oxygen atoms in total. The lowest BCUT2D eigenvalue weighted by Gasteiger charge is -2.16. The van der Waals surface area contributed by atoms with Crippen LogP contribution in [0.15, 0.2) is 6.07 Å². The number of methoxy groups -OCH3 is 1. The first-order chi connectivity index (χ1) is 7.02. The molecule has 1 unspecified atom stereocenters. The predicted molar refractivity (Wildman–Crippen MR) is 57.1 cm³/mol. The van der Waals surface area contributed by atoms with Gasteiger partial charge in [0.15, 0.2) is 11.5 Å². The number of ether oxygens (including phenoxy) is 1. The zero-order valence-corrected chi connectivity index (χ0v) is 9.31. The second-order valence-corrected chi connectivity index (χ2v) is 3.65. The summed E-state index contributed by atoms with van der Waals surface area (Å²) in [7, 11) is 1.35. The van der Waals surface area contributed by atoms with Gasteiger partial charge in [-0.1, -0.05) is 18.5 Å². The van der Waals surface area contributed by atoms with Crippen molar-refractivity contribution in [3.05, 3.63) is 22.5 Å². The first-order valence-electron chi connectivity index (χ1n) is 4.47. The minimum atomic E-state index is -0.624. The third-order valence-corrected chi connectivity index (χ3v) is 2.64. The summed E-state index contributed by atoms with van der Waals surface area (Å²) >= 11 is 5.75. The normalized spacial score (nSPS) is 12.6. The standard InChI is InChI=1S/C10H13ClFNO2/c1-5(4-13)8-9(11)6(12)3-7(15-2)10(8)14/h3,5,14H,4,13H2,1-2H3. The SMILES string of the molecule is COc1cc(F)c(Cl)c(C(C)CN)c1O. The molecule has 0 radical (unpaired) electrons. The Morgan fingerprint density at radius 2 is 2.27 bits per heavy atom. The average molecular weight is 234 g/mol. The van der Waals surface area contributed by atoms with Crippen molar-refractivity contribution in [1.29, 1.82) is 0 Å². The van der Waals surface area contributed by atoms with E-state index in [0.717, 1.165) is 6.07 Å². The monoisotopic (exact) mass is 233 g/mol. The Morgan fingerprint density at radius 3 is 2.73 bits per heavy atom. The van der Waals surface area contributed by atoms with Crippen molar-refractivity contribution in [2.75, 3.05) is 13.7 Å². The summed E-state index contributed by atoms with van der Waals surface area (Å²) in [5.74, 6) is -0.947. The van der Waals surface area contributed by atoms with Gasteiger partial charge < -0.3 is 15.6 Å². The summed E-state index contributed by atoms with van der Waals surface area (Å²) in [5, 5.41) is 9.66. The van der Waals surface area contributed by atoms with Crippen molar-refractivity contribution in [1.82, 2.24) is 0 Å². The summed E-state index contributed by atoms with van der Waals surface area (Å²) in [6.45, 7) is 2.01. The van der Waals surface area contributed by atoms with Crippen LogP contribution in [-0.4, -0.2) is 18.8 Å². The van der Waals surface area contributed by atoms with Gasteiger partial charge in [-0.25, -0.2) is 4.39 Å². The lowest BCUT2D eigenvalue weighted by Crippen LogP contribution is -2.10. The van der Waals surface area contributed by atoms with Gasteiger partial charge in [0.1, 0.15) is 5.82 Å². The number of hydrogen-bond acceptors (Lipinski definition) is 3. The van der Waals surface area contributed by atoms with Crippen LogP contribution in [0.2, 0.25) is 5.02 Å². The lowest BCUT2D eigenvalue weighted by atomic mass is 9.99. The van der Waals surface area contributed by atoms with E-state index in [4.69, 9.17) is 22.1 Å². The minimum Gasteiger partial charge on any atom is -0.504 e. The summed E-state index contributed by atoms with van der Waals surface area (Å²) in [5.41, 5.74) is 5.74. The van der Waals surface area contributed by atoms with Gasteiger partial charge in [0.2, 0.25) is 0 Å². The highest BCUT2D eigenvalue weighted by molar-refractivity contribution is 6.31. The Bertz CT molecular complexity index is 371. The number of nitrogens with two attached hydrogens (primary N) is 1. The molecule has 0 heterocycles. The Hall–Kier alpha value is -1.00. The topological polar surface area (TPSA) is 55.5 Å². The van der Waals surface area contributed by atoms with E-state index in [1.165, 1.54) is 7.11 Å². The van der Waals surface area contributed by atoms with Crippen molar-refractivity contribution < 1.29 is 14.2 Å². The minimum absolute atomic E-state index is 0.0622. The molecule has 1 atom stereocenters. The van der Waals surface area contributed by atoms with Crippen molar-refractivity contribution in [2.45, 2.75) is 12.8 Å². The van der Waals surface area contributed by atoms with E-state index >= 15 is 0 Å². The maximum Gasteiger partial charge on any atom is 0.163 e. The second-order valence-electron chi connectivity index (χ2n) is 3.27. The van der Waals surface area contributed by atoms with Crippen molar-refractivity contribution in [3.8, 4) is 11.5 Å². The molecule has 0 spiro atoms. The molecular formula is C10H13ClFNO2. The fraction of sp³-hybridized carbons (Fsp3) is 0.400. The molecule has 1 aromatic carbocycles. The molecule has 15 heavy (non-hydrogen) atoms. The predicted octanol–water partition coefficient (Wildman–Crippen LogP) is 2.26. The van der Waals surface area contributed by atoms with E-state index in [0.29, 0.717) is 0 Å². The molecule has 0 aliphatic rings. The van der Waals surface area contributed by atoms with Crippen LogP contribution in [-0.2, 0) is 0 Å². The number of aromatic hydroxyl groups is 1. The Labute approximate surface area is 92.6 Å². The lowest BCUT2D eigenvalue weighted by molar-refractivity contribution is 0.365. The van der Waals surface area contributed by atoms with E-state index in [1.807, 2.05) is 0 Å². The van der Waals surface area contributed by atoms with Gasteiger partial charge in [0.05, 0.1) is 12.1 Å². The van der Waals surface area contributed by atoms with Gasteiger partial charge in [-0.3, -0.25) is 0 Å². The maximum atomic E-state index is 13.3. The van der Waals surface area contributed by atoms with Crippen LogP contribution in [0.5, 0.6) is 11.5 Å². The molecule has 0 aliphatic carbocycles. The van der Waals surface area contributed by atoms with Gasteiger partial charge in [-0.15, -0.1) is 0 Å². The fourth-order valence-corrected chi connectivity index (χ4v) is 1.67. The number of rotatable bonds is 3. The van der Waals surface area contributed by atoms with Crippen molar-refractivity contribution in [3.63, 3.8) is 0 Å². The molecular weight excluding hydrogens is 221 g/mol. The number of phenols is 1. The largest absolute Gasteiger partial charge is 0.504 e. The van der Waals surface area contributed by atoms with Crippen LogP contribution < -0.4 is 10.5 Å². The van der Waals surface area contributed by atoms with E-state index in [-0.39, 0.29) is 34.5 Å². The summed E-state index contributed by atoms with van der Waals surface area (Å²) in [6, 6.07) is 1.05. The van der Waals surface area contributed by atoms with E-state index in [1.54, 1.807) is 6.92 Å². The molecule has 1 aromatic rings. The molecule has 0 aliphatic heterocycles. The Kier molecular flexibility index (Phi) is 3.77. The maximum absolute atomic E-state index is 13.3. The highest BCUT2D eigenvalue weighted by Crippen LogP contribution is 2.40. The van der Waals surface area contributed by atoms with Crippen LogP contribution >= 0.6 is 11.6 Å². The zero-order valence-electron chi connectivity index (χ0n) is 8.55. The molecule has 0 fully saturated rings.